The summed E-state index contributed by atoms with van der Waals surface area (Å²) in [6.45, 7) is 10.6. The van der Waals surface area contributed by atoms with Crippen molar-refractivity contribution in [2.45, 2.75) is 38.4 Å². The van der Waals surface area contributed by atoms with Gasteiger partial charge in [-0.1, -0.05) is 36.4 Å². The van der Waals surface area contributed by atoms with E-state index in [1.807, 2.05) is 6.08 Å². The summed E-state index contributed by atoms with van der Waals surface area (Å²) >= 11 is 0. The molecule has 0 amide bonds. The van der Waals surface area contributed by atoms with Crippen LogP contribution >= 0.6 is 0 Å². The molecule has 0 radical (unpaired) electrons. The normalized spacial score (nSPS) is 26.8. The molecule has 3 atom stereocenters. The predicted molar refractivity (Wildman–Crippen MR) is 77.6 cm³/mol. The lowest BCUT2D eigenvalue weighted by molar-refractivity contribution is 0.0999. The summed E-state index contributed by atoms with van der Waals surface area (Å²) in [4.78, 5) is 2.59. The Morgan fingerprint density at radius 3 is 2.83 bits per heavy atom. The van der Waals surface area contributed by atoms with Crippen LogP contribution in [0.2, 0.25) is 0 Å². The Morgan fingerprint density at radius 1 is 1.44 bits per heavy atom. The number of benzene rings is 1. The Kier molecular flexibility index (Phi) is 4.56. The van der Waals surface area contributed by atoms with Crippen LogP contribution in [-0.4, -0.2) is 30.1 Å². The minimum atomic E-state index is 0.453. The van der Waals surface area contributed by atoms with Crippen LogP contribution in [0.4, 0.5) is 0 Å². The molecule has 1 aliphatic rings. The van der Waals surface area contributed by atoms with Crippen LogP contribution in [0.25, 0.3) is 0 Å². The SMILES string of the molecule is C=CCC(C)N1CC(c2ccccc2)NCC1C. The van der Waals surface area contributed by atoms with Crippen molar-refractivity contribution in [3.8, 4) is 0 Å². The molecular formula is C16H24N2. The number of hydrogen-bond acceptors (Lipinski definition) is 2. The summed E-state index contributed by atoms with van der Waals surface area (Å²) in [5.41, 5.74) is 1.39. The van der Waals surface area contributed by atoms with Crippen LogP contribution in [-0.2, 0) is 0 Å². The maximum absolute atomic E-state index is 3.86. The fourth-order valence-corrected chi connectivity index (χ4v) is 2.78. The number of rotatable bonds is 4. The first-order valence-electron chi connectivity index (χ1n) is 6.87. The molecule has 1 aliphatic heterocycles. The van der Waals surface area contributed by atoms with Gasteiger partial charge < -0.3 is 5.32 Å². The molecule has 0 spiro atoms. The lowest BCUT2D eigenvalue weighted by atomic mass is 10.00. The van der Waals surface area contributed by atoms with E-state index < -0.39 is 0 Å². The van der Waals surface area contributed by atoms with E-state index >= 15 is 0 Å². The summed E-state index contributed by atoms with van der Waals surface area (Å²) < 4.78 is 0. The number of piperazine rings is 1. The first-order chi connectivity index (χ1) is 8.72. The standard InChI is InChI=1S/C16H24N2/c1-4-8-13(2)18-12-16(17-11-14(18)3)15-9-6-5-7-10-15/h4-7,9-10,13-14,16-17H,1,8,11-12H2,2-3H3. The molecule has 0 aliphatic carbocycles. The predicted octanol–water partition coefficient (Wildman–Crippen LogP) is 2.99. The molecule has 1 fully saturated rings. The van der Waals surface area contributed by atoms with E-state index in [1.165, 1.54) is 5.56 Å². The molecule has 1 aromatic carbocycles. The summed E-state index contributed by atoms with van der Waals surface area (Å²) in [7, 11) is 0. The van der Waals surface area contributed by atoms with E-state index in [-0.39, 0.29) is 0 Å². The molecule has 0 saturated carbocycles. The van der Waals surface area contributed by atoms with Crippen LogP contribution in [0.3, 0.4) is 0 Å². The van der Waals surface area contributed by atoms with E-state index in [9.17, 15) is 0 Å². The third-order valence-corrected chi connectivity index (χ3v) is 3.90. The quantitative estimate of drug-likeness (QED) is 0.819. The second-order valence-electron chi connectivity index (χ2n) is 5.29. The highest BCUT2D eigenvalue weighted by molar-refractivity contribution is 5.20. The molecule has 3 unspecified atom stereocenters. The zero-order valence-corrected chi connectivity index (χ0v) is 11.5. The third-order valence-electron chi connectivity index (χ3n) is 3.90. The van der Waals surface area contributed by atoms with Crippen molar-refractivity contribution in [3.63, 3.8) is 0 Å². The van der Waals surface area contributed by atoms with Crippen molar-refractivity contribution < 1.29 is 0 Å². The molecule has 2 heteroatoms. The van der Waals surface area contributed by atoms with Crippen LogP contribution < -0.4 is 5.32 Å². The van der Waals surface area contributed by atoms with Crippen molar-refractivity contribution in [2.24, 2.45) is 0 Å². The maximum Gasteiger partial charge on any atom is 0.0450 e. The maximum atomic E-state index is 3.86. The molecule has 98 valence electrons. The van der Waals surface area contributed by atoms with Crippen molar-refractivity contribution in [2.75, 3.05) is 13.1 Å². The Bertz CT molecular complexity index is 374. The van der Waals surface area contributed by atoms with Gasteiger partial charge in [-0.25, -0.2) is 0 Å². The highest BCUT2D eigenvalue weighted by Gasteiger charge is 2.28. The first kappa shape index (κ1) is 13.3. The van der Waals surface area contributed by atoms with Gasteiger partial charge in [0.2, 0.25) is 0 Å². The zero-order valence-electron chi connectivity index (χ0n) is 11.5. The van der Waals surface area contributed by atoms with Crippen LogP contribution in [0.15, 0.2) is 43.0 Å². The van der Waals surface area contributed by atoms with Gasteiger partial charge >= 0.3 is 0 Å². The van der Waals surface area contributed by atoms with Crippen molar-refractivity contribution in [1.82, 2.24) is 10.2 Å². The zero-order chi connectivity index (χ0) is 13.0. The smallest absolute Gasteiger partial charge is 0.0450 e. The molecule has 0 aromatic heterocycles. The van der Waals surface area contributed by atoms with E-state index in [0.29, 0.717) is 18.1 Å². The molecule has 1 heterocycles. The van der Waals surface area contributed by atoms with Gasteiger partial charge in [0.25, 0.3) is 0 Å². The minimum absolute atomic E-state index is 0.453. The molecular weight excluding hydrogens is 220 g/mol. The molecule has 0 bridgehead atoms. The second-order valence-corrected chi connectivity index (χ2v) is 5.29. The van der Waals surface area contributed by atoms with Gasteiger partial charge in [0.15, 0.2) is 0 Å². The topological polar surface area (TPSA) is 15.3 Å². The Labute approximate surface area is 111 Å². The van der Waals surface area contributed by atoms with E-state index in [1.54, 1.807) is 0 Å². The van der Waals surface area contributed by atoms with Gasteiger partial charge in [-0.2, -0.15) is 0 Å². The second kappa shape index (κ2) is 6.17. The number of nitrogens with one attached hydrogen (secondary N) is 1. The monoisotopic (exact) mass is 244 g/mol. The van der Waals surface area contributed by atoms with Gasteiger partial charge in [0.1, 0.15) is 0 Å². The van der Waals surface area contributed by atoms with E-state index in [0.717, 1.165) is 19.5 Å². The van der Waals surface area contributed by atoms with Gasteiger partial charge in [-0.05, 0) is 25.8 Å². The van der Waals surface area contributed by atoms with E-state index in [4.69, 9.17) is 0 Å². The fourth-order valence-electron chi connectivity index (χ4n) is 2.78. The van der Waals surface area contributed by atoms with Crippen LogP contribution in [0.1, 0.15) is 31.9 Å². The van der Waals surface area contributed by atoms with Crippen LogP contribution in [0, 0.1) is 0 Å². The highest BCUT2D eigenvalue weighted by Crippen LogP contribution is 2.22. The summed E-state index contributed by atoms with van der Waals surface area (Å²) in [6.07, 6.45) is 3.09. The lowest BCUT2D eigenvalue weighted by Crippen LogP contribution is -2.54. The average molecular weight is 244 g/mol. The Balaban J connectivity index is 2.06. The fraction of sp³-hybridized carbons (Fsp3) is 0.500. The molecule has 1 saturated heterocycles. The lowest BCUT2D eigenvalue weighted by Gasteiger charge is -2.42. The van der Waals surface area contributed by atoms with Gasteiger partial charge in [-0.15, -0.1) is 6.58 Å². The average Bonchev–Trinajstić information content (AvgIpc) is 2.40. The summed E-state index contributed by atoms with van der Waals surface area (Å²) in [6, 6.07) is 12.4. The van der Waals surface area contributed by atoms with Crippen LogP contribution in [0.5, 0.6) is 0 Å². The van der Waals surface area contributed by atoms with E-state index in [2.05, 4.69) is 61.0 Å². The Morgan fingerprint density at radius 2 is 2.17 bits per heavy atom. The molecule has 1 aromatic rings. The first-order valence-corrected chi connectivity index (χ1v) is 6.87. The molecule has 1 N–H and O–H groups in total. The van der Waals surface area contributed by atoms with Gasteiger partial charge in [-0.3, -0.25) is 4.90 Å². The van der Waals surface area contributed by atoms with Gasteiger partial charge in [0.05, 0.1) is 0 Å². The largest absolute Gasteiger partial charge is 0.307 e. The van der Waals surface area contributed by atoms with Crippen molar-refractivity contribution >= 4 is 0 Å². The number of hydrogen-bond donors (Lipinski definition) is 1. The highest BCUT2D eigenvalue weighted by atomic mass is 15.2. The molecule has 2 rings (SSSR count). The summed E-state index contributed by atoms with van der Waals surface area (Å²) in [5, 5.41) is 3.64. The third kappa shape index (κ3) is 3.01. The number of nitrogens with zero attached hydrogens (tertiary/aromatic N) is 1. The molecule has 2 nitrogen and oxygen atoms in total. The van der Waals surface area contributed by atoms with Crippen molar-refractivity contribution in [3.05, 3.63) is 48.6 Å². The van der Waals surface area contributed by atoms with Gasteiger partial charge in [0, 0.05) is 31.2 Å². The summed E-state index contributed by atoms with van der Waals surface area (Å²) in [5.74, 6) is 0. The Hall–Kier alpha value is -1.12. The minimum Gasteiger partial charge on any atom is -0.307 e. The molecule has 18 heavy (non-hydrogen) atoms. The van der Waals surface area contributed by atoms with Crippen molar-refractivity contribution in [1.29, 1.82) is 0 Å².